The Hall–Kier alpha value is -0.120. The van der Waals surface area contributed by atoms with Crippen LogP contribution in [0.5, 0.6) is 0 Å². The fraction of sp³-hybridized carbons (Fsp3) is 1.00. The molecule has 17 heavy (non-hydrogen) atoms. The van der Waals surface area contributed by atoms with Crippen molar-refractivity contribution < 1.29 is 0 Å². The molecule has 0 saturated carbocycles. The zero-order valence-corrected chi connectivity index (χ0v) is 12.4. The number of nitrogens with one attached hydrogen (secondary N) is 1. The van der Waals surface area contributed by atoms with Crippen LogP contribution in [-0.2, 0) is 0 Å². The van der Waals surface area contributed by atoms with Crippen LogP contribution in [0.1, 0.15) is 33.1 Å². The van der Waals surface area contributed by atoms with E-state index < -0.39 is 0 Å². The summed E-state index contributed by atoms with van der Waals surface area (Å²) in [6.07, 6.45) is 3.89. The minimum Gasteiger partial charge on any atom is -0.310 e. The van der Waals surface area contributed by atoms with Gasteiger partial charge in [-0.2, -0.15) is 0 Å². The summed E-state index contributed by atoms with van der Waals surface area (Å²) in [7, 11) is 6.56. The van der Waals surface area contributed by atoms with Crippen LogP contribution in [0.15, 0.2) is 0 Å². The Morgan fingerprint density at radius 3 is 2.29 bits per heavy atom. The third-order valence-electron chi connectivity index (χ3n) is 3.53. The maximum atomic E-state index is 3.87. The molecule has 0 radical (unpaired) electrons. The zero-order valence-electron chi connectivity index (χ0n) is 12.4. The third kappa shape index (κ3) is 6.39. The van der Waals surface area contributed by atoms with Gasteiger partial charge in [0.25, 0.3) is 0 Å². The largest absolute Gasteiger partial charge is 0.310 e. The Labute approximate surface area is 108 Å². The van der Waals surface area contributed by atoms with Crippen molar-refractivity contribution in [2.24, 2.45) is 5.92 Å². The normalized spacial score (nSPS) is 21.4. The number of rotatable bonds is 6. The fourth-order valence-electron chi connectivity index (χ4n) is 2.71. The predicted molar refractivity (Wildman–Crippen MR) is 75.5 cm³/mol. The number of hydrogen-bond acceptors (Lipinski definition) is 3. The highest BCUT2D eigenvalue weighted by Crippen LogP contribution is 2.12. The Morgan fingerprint density at radius 2 is 1.82 bits per heavy atom. The van der Waals surface area contributed by atoms with Crippen molar-refractivity contribution in [3.63, 3.8) is 0 Å². The lowest BCUT2D eigenvalue weighted by Crippen LogP contribution is -2.48. The van der Waals surface area contributed by atoms with E-state index in [-0.39, 0.29) is 0 Å². The van der Waals surface area contributed by atoms with E-state index in [1.54, 1.807) is 0 Å². The van der Waals surface area contributed by atoms with Crippen molar-refractivity contribution in [3.05, 3.63) is 0 Å². The van der Waals surface area contributed by atoms with Gasteiger partial charge >= 0.3 is 0 Å². The van der Waals surface area contributed by atoms with Gasteiger partial charge in [-0.3, -0.25) is 0 Å². The van der Waals surface area contributed by atoms with Crippen molar-refractivity contribution in [1.29, 1.82) is 0 Å². The highest BCUT2D eigenvalue weighted by molar-refractivity contribution is 4.81. The van der Waals surface area contributed by atoms with Gasteiger partial charge in [0, 0.05) is 18.6 Å². The zero-order chi connectivity index (χ0) is 12.8. The number of hydrogen-bond donors (Lipinski definition) is 1. The Balaban J connectivity index is 2.36. The average Bonchev–Trinajstić information content (AvgIpc) is 2.19. The van der Waals surface area contributed by atoms with Gasteiger partial charge in [0.15, 0.2) is 0 Å². The maximum Gasteiger partial charge on any atom is 0.0199 e. The van der Waals surface area contributed by atoms with Crippen molar-refractivity contribution in [3.8, 4) is 0 Å². The fourth-order valence-corrected chi connectivity index (χ4v) is 2.71. The molecule has 0 aromatic heterocycles. The minimum atomic E-state index is 0.651. The van der Waals surface area contributed by atoms with Crippen LogP contribution in [0.25, 0.3) is 0 Å². The van der Waals surface area contributed by atoms with Gasteiger partial charge in [-0.15, -0.1) is 0 Å². The van der Waals surface area contributed by atoms with E-state index in [2.05, 4.69) is 50.1 Å². The monoisotopic (exact) mass is 241 g/mol. The molecule has 0 aromatic rings. The quantitative estimate of drug-likeness (QED) is 0.763. The molecule has 3 nitrogen and oxygen atoms in total. The number of piperidine rings is 1. The van der Waals surface area contributed by atoms with Crippen LogP contribution >= 0.6 is 0 Å². The Kier molecular flexibility index (Phi) is 6.45. The first-order valence-corrected chi connectivity index (χ1v) is 7.06. The summed E-state index contributed by atoms with van der Waals surface area (Å²) in [6, 6.07) is 1.38. The summed E-state index contributed by atoms with van der Waals surface area (Å²) in [5.74, 6) is 0.777. The summed E-state index contributed by atoms with van der Waals surface area (Å²) >= 11 is 0. The van der Waals surface area contributed by atoms with Gasteiger partial charge in [-0.1, -0.05) is 13.8 Å². The van der Waals surface area contributed by atoms with E-state index >= 15 is 0 Å². The predicted octanol–water partition coefficient (Wildman–Crippen LogP) is 1.65. The molecule has 0 aliphatic carbocycles. The van der Waals surface area contributed by atoms with E-state index in [9.17, 15) is 0 Å². The molecule has 1 aliphatic heterocycles. The molecule has 1 N–H and O–H groups in total. The van der Waals surface area contributed by atoms with Crippen molar-refractivity contribution in [2.75, 3.05) is 40.8 Å². The van der Waals surface area contributed by atoms with Gasteiger partial charge in [0.05, 0.1) is 0 Å². The second-order valence-corrected chi connectivity index (χ2v) is 6.33. The summed E-state index contributed by atoms with van der Waals surface area (Å²) < 4.78 is 0. The summed E-state index contributed by atoms with van der Waals surface area (Å²) in [5, 5.41) is 3.87. The third-order valence-corrected chi connectivity index (χ3v) is 3.53. The molecule has 0 aromatic carbocycles. The SMILES string of the molecule is CC(C)CC(CN(C)C)NC1CCN(C)CC1. The smallest absolute Gasteiger partial charge is 0.0199 e. The van der Waals surface area contributed by atoms with E-state index in [1.807, 2.05) is 0 Å². The van der Waals surface area contributed by atoms with E-state index in [0.717, 1.165) is 18.5 Å². The molecule has 1 aliphatic rings. The Bertz CT molecular complexity index is 186. The second-order valence-electron chi connectivity index (χ2n) is 6.33. The molecule has 0 bridgehead atoms. The lowest BCUT2D eigenvalue weighted by Gasteiger charge is -2.34. The van der Waals surface area contributed by atoms with Crippen molar-refractivity contribution in [2.45, 2.75) is 45.2 Å². The first kappa shape index (κ1) is 14.9. The van der Waals surface area contributed by atoms with Crippen molar-refractivity contribution in [1.82, 2.24) is 15.1 Å². The highest BCUT2D eigenvalue weighted by atomic mass is 15.1. The van der Waals surface area contributed by atoms with Gasteiger partial charge in [-0.05, 0) is 59.4 Å². The molecule has 102 valence electrons. The first-order chi connectivity index (χ1) is 7.97. The summed E-state index contributed by atoms with van der Waals surface area (Å²) in [5.41, 5.74) is 0. The molecule has 1 rings (SSSR count). The summed E-state index contributed by atoms with van der Waals surface area (Å²) in [4.78, 5) is 4.73. The molecule has 1 saturated heterocycles. The van der Waals surface area contributed by atoms with Crippen LogP contribution in [-0.4, -0.2) is 62.7 Å². The van der Waals surface area contributed by atoms with Crippen LogP contribution in [0, 0.1) is 5.92 Å². The molecule has 1 atom stereocenters. The van der Waals surface area contributed by atoms with E-state index in [1.165, 1.54) is 32.4 Å². The van der Waals surface area contributed by atoms with Crippen LogP contribution < -0.4 is 5.32 Å². The lowest BCUT2D eigenvalue weighted by molar-refractivity contribution is 0.206. The van der Waals surface area contributed by atoms with Crippen LogP contribution in [0.4, 0.5) is 0 Å². The number of likely N-dealkylation sites (N-methyl/N-ethyl adjacent to an activating group) is 1. The van der Waals surface area contributed by atoms with Gasteiger partial charge in [-0.25, -0.2) is 0 Å². The number of likely N-dealkylation sites (tertiary alicyclic amines) is 1. The van der Waals surface area contributed by atoms with Gasteiger partial charge in [0.1, 0.15) is 0 Å². The number of nitrogens with zero attached hydrogens (tertiary/aromatic N) is 2. The average molecular weight is 241 g/mol. The standard InChI is InChI=1S/C14H31N3/c1-12(2)10-14(11-16(3)4)15-13-6-8-17(5)9-7-13/h12-15H,6-11H2,1-5H3. The molecular formula is C14H31N3. The van der Waals surface area contributed by atoms with E-state index in [4.69, 9.17) is 0 Å². The highest BCUT2D eigenvalue weighted by Gasteiger charge is 2.20. The second kappa shape index (κ2) is 7.34. The van der Waals surface area contributed by atoms with Crippen molar-refractivity contribution >= 4 is 0 Å². The molecular weight excluding hydrogens is 210 g/mol. The molecule has 3 heteroatoms. The van der Waals surface area contributed by atoms with Crippen LogP contribution in [0.3, 0.4) is 0 Å². The first-order valence-electron chi connectivity index (χ1n) is 7.06. The lowest BCUT2D eigenvalue weighted by atomic mass is 9.99. The molecule has 1 unspecified atom stereocenters. The van der Waals surface area contributed by atoms with Gasteiger partial charge in [0.2, 0.25) is 0 Å². The molecule has 0 amide bonds. The maximum absolute atomic E-state index is 3.87. The molecule has 1 heterocycles. The molecule has 0 spiro atoms. The van der Waals surface area contributed by atoms with Crippen LogP contribution in [0.2, 0.25) is 0 Å². The summed E-state index contributed by atoms with van der Waals surface area (Å²) in [6.45, 7) is 8.28. The van der Waals surface area contributed by atoms with Gasteiger partial charge < -0.3 is 15.1 Å². The molecule has 1 fully saturated rings. The Morgan fingerprint density at radius 1 is 1.24 bits per heavy atom. The topological polar surface area (TPSA) is 18.5 Å². The minimum absolute atomic E-state index is 0.651. The van der Waals surface area contributed by atoms with E-state index in [0.29, 0.717) is 6.04 Å².